The molecule has 2 N–H and O–H groups in total. The average Bonchev–Trinajstić information content (AvgIpc) is 2.80. The third kappa shape index (κ3) is 4.94. The van der Waals surface area contributed by atoms with Crippen molar-refractivity contribution in [3.63, 3.8) is 0 Å². The van der Waals surface area contributed by atoms with Crippen molar-refractivity contribution >= 4 is 18.0 Å². The summed E-state index contributed by atoms with van der Waals surface area (Å²) in [6, 6.07) is 23.9. The van der Waals surface area contributed by atoms with Crippen LogP contribution in [-0.2, 0) is 0 Å². The molecule has 3 aromatic carbocycles. The normalized spacial score (nSPS) is 10.7. The van der Waals surface area contributed by atoms with E-state index < -0.39 is 5.91 Å². The topological polar surface area (TPSA) is 82.0 Å². The van der Waals surface area contributed by atoms with Crippen LogP contribution in [-0.4, -0.2) is 34.8 Å². The molecule has 0 aliphatic rings. The van der Waals surface area contributed by atoms with Gasteiger partial charge in [-0.1, -0.05) is 54.6 Å². The van der Waals surface area contributed by atoms with Crippen molar-refractivity contribution in [2.75, 3.05) is 6.54 Å². The van der Waals surface area contributed by atoms with Crippen LogP contribution >= 0.6 is 0 Å². The lowest BCUT2D eigenvalue weighted by Gasteiger charge is -2.15. The van der Waals surface area contributed by atoms with Crippen LogP contribution in [0.3, 0.4) is 0 Å². The van der Waals surface area contributed by atoms with Crippen molar-refractivity contribution in [3.8, 4) is 11.1 Å². The molecular weight excluding hydrogens is 366 g/mol. The van der Waals surface area contributed by atoms with E-state index in [1.54, 1.807) is 48.1 Å². The van der Waals surface area contributed by atoms with Gasteiger partial charge in [-0.15, -0.1) is 0 Å². The molecule has 6 heteroatoms. The van der Waals surface area contributed by atoms with Gasteiger partial charge in [0.2, 0.25) is 0 Å². The number of nitrogens with one attached hydrogen (secondary N) is 1. The smallest absolute Gasteiger partial charge is 0.274 e. The zero-order valence-corrected chi connectivity index (χ0v) is 15.9. The molecule has 0 aliphatic heterocycles. The average molecular weight is 387 g/mol. The van der Waals surface area contributed by atoms with E-state index in [-0.39, 0.29) is 5.91 Å². The first kappa shape index (κ1) is 20.0. The molecule has 29 heavy (non-hydrogen) atoms. The molecule has 3 rings (SSSR count). The van der Waals surface area contributed by atoms with Crippen LogP contribution < -0.4 is 5.48 Å². The van der Waals surface area contributed by atoms with Crippen LogP contribution in [0.5, 0.6) is 0 Å². The minimum atomic E-state index is -0.585. The molecule has 3 aromatic rings. The highest BCUT2D eigenvalue weighted by atomic mass is 16.5. The number of rotatable bonds is 6. The number of hydrazone groups is 1. The van der Waals surface area contributed by atoms with Gasteiger partial charge in [0.05, 0.1) is 6.21 Å². The highest BCUT2D eigenvalue weighted by molar-refractivity contribution is 5.96. The van der Waals surface area contributed by atoms with Gasteiger partial charge in [-0.3, -0.25) is 14.8 Å². The Balaban J connectivity index is 1.71. The second-order valence-corrected chi connectivity index (χ2v) is 6.27. The molecule has 0 unspecified atom stereocenters. The molecule has 0 aromatic heterocycles. The quantitative estimate of drug-likeness (QED) is 0.381. The Morgan fingerprint density at radius 1 is 0.897 bits per heavy atom. The van der Waals surface area contributed by atoms with Crippen molar-refractivity contribution < 1.29 is 14.8 Å². The van der Waals surface area contributed by atoms with Crippen LogP contribution in [0.2, 0.25) is 0 Å². The van der Waals surface area contributed by atoms with Gasteiger partial charge in [-0.2, -0.15) is 5.10 Å². The highest BCUT2D eigenvalue weighted by Crippen LogP contribution is 2.20. The zero-order chi connectivity index (χ0) is 20.6. The Hall–Kier alpha value is -3.77. The van der Waals surface area contributed by atoms with Gasteiger partial charge in [0.1, 0.15) is 0 Å². The van der Waals surface area contributed by atoms with E-state index in [0.717, 1.165) is 16.7 Å². The Kier molecular flexibility index (Phi) is 6.50. The van der Waals surface area contributed by atoms with Gasteiger partial charge in [-0.05, 0) is 47.9 Å². The summed E-state index contributed by atoms with van der Waals surface area (Å²) in [6.07, 6.45) is 1.56. The molecule has 0 aliphatic carbocycles. The summed E-state index contributed by atoms with van der Waals surface area (Å²) in [6.45, 7) is 2.27. The Morgan fingerprint density at radius 3 is 2.07 bits per heavy atom. The summed E-state index contributed by atoms with van der Waals surface area (Å²) >= 11 is 0. The molecule has 2 amide bonds. The number of hydroxylamine groups is 1. The summed E-state index contributed by atoms with van der Waals surface area (Å²) in [5.41, 5.74) is 5.32. The third-order valence-electron chi connectivity index (χ3n) is 4.39. The van der Waals surface area contributed by atoms with Crippen molar-refractivity contribution in [1.29, 1.82) is 0 Å². The SMILES string of the molecule is CCN(/N=C/c1ccc(C(=O)NO)cc1)C(=O)c1ccc(-c2ccccc2)cc1. The fourth-order valence-electron chi connectivity index (χ4n) is 2.78. The summed E-state index contributed by atoms with van der Waals surface area (Å²) in [7, 11) is 0. The number of benzene rings is 3. The number of carbonyl (C=O) groups excluding carboxylic acids is 2. The lowest BCUT2D eigenvalue weighted by molar-refractivity contribution is 0.0706. The second-order valence-electron chi connectivity index (χ2n) is 6.27. The molecule has 6 nitrogen and oxygen atoms in total. The molecule has 0 radical (unpaired) electrons. The maximum Gasteiger partial charge on any atom is 0.274 e. The Labute approximate surface area is 169 Å². The van der Waals surface area contributed by atoms with Crippen LogP contribution in [0.1, 0.15) is 33.2 Å². The van der Waals surface area contributed by atoms with Crippen LogP contribution in [0.15, 0.2) is 84.0 Å². The van der Waals surface area contributed by atoms with Gasteiger partial charge in [-0.25, -0.2) is 10.5 Å². The van der Waals surface area contributed by atoms with Crippen LogP contribution in [0, 0.1) is 0 Å². The van der Waals surface area contributed by atoms with E-state index in [1.807, 2.05) is 49.4 Å². The molecule has 0 saturated heterocycles. The maximum atomic E-state index is 12.8. The Bertz CT molecular complexity index is 998. The standard InChI is InChI=1S/C23H21N3O3/c1-2-26(24-16-17-8-10-20(11-9-17)22(27)25-29)23(28)21-14-12-19(13-15-21)18-6-4-3-5-7-18/h3-16,29H,2H2,1H3,(H,25,27)/b24-16+. The number of hydrogen-bond acceptors (Lipinski definition) is 4. The monoisotopic (exact) mass is 387 g/mol. The zero-order valence-electron chi connectivity index (χ0n) is 15.9. The van der Waals surface area contributed by atoms with Crippen molar-refractivity contribution in [2.45, 2.75) is 6.92 Å². The summed E-state index contributed by atoms with van der Waals surface area (Å²) < 4.78 is 0. The van der Waals surface area contributed by atoms with Gasteiger partial charge in [0.15, 0.2) is 0 Å². The molecule has 146 valence electrons. The lowest BCUT2D eigenvalue weighted by Crippen LogP contribution is -2.25. The molecule has 0 fully saturated rings. The third-order valence-corrected chi connectivity index (χ3v) is 4.39. The first-order chi connectivity index (χ1) is 14.1. The van der Waals surface area contributed by atoms with Gasteiger partial charge < -0.3 is 0 Å². The van der Waals surface area contributed by atoms with Crippen molar-refractivity contribution in [3.05, 3.63) is 95.6 Å². The van der Waals surface area contributed by atoms with E-state index in [0.29, 0.717) is 17.7 Å². The molecule has 0 spiro atoms. The highest BCUT2D eigenvalue weighted by Gasteiger charge is 2.13. The van der Waals surface area contributed by atoms with Crippen LogP contribution in [0.4, 0.5) is 0 Å². The van der Waals surface area contributed by atoms with E-state index in [9.17, 15) is 9.59 Å². The molecule has 0 atom stereocenters. The first-order valence-electron chi connectivity index (χ1n) is 9.18. The number of amides is 2. The minimum absolute atomic E-state index is 0.195. The van der Waals surface area contributed by atoms with Crippen molar-refractivity contribution in [1.82, 2.24) is 10.5 Å². The van der Waals surface area contributed by atoms with E-state index >= 15 is 0 Å². The number of nitrogens with zero attached hydrogens (tertiary/aromatic N) is 2. The second kappa shape index (κ2) is 9.43. The van der Waals surface area contributed by atoms with E-state index in [4.69, 9.17) is 5.21 Å². The summed E-state index contributed by atoms with van der Waals surface area (Å²) in [5, 5.41) is 14.3. The summed E-state index contributed by atoms with van der Waals surface area (Å²) in [4.78, 5) is 24.1. The van der Waals surface area contributed by atoms with Gasteiger partial charge >= 0.3 is 0 Å². The first-order valence-corrected chi connectivity index (χ1v) is 9.18. The fourth-order valence-corrected chi connectivity index (χ4v) is 2.78. The minimum Gasteiger partial charge on any atom is -0.288 e. The molecule has 0 heterocycles. The number of hydrogen-bond donors (Lipinski definition) is 2. The molecule has 0 saturated carbocycles. The summed E-state index contributed by atoms with van der Waals surface area (Å²) in [5.74, 6) is -0.780. The predicted octanol–water partition coefficient (Wildman–Crippen LogP) is 3.97. The molecular formula is C23H21N3O3. The number of carbonyl (C=O) groups is 2. The molecule has 0 bridgehead atoms. The predicted molar refractivity (Wildman–Crippen MR) is 112 cm³/mol. The van der Waals surface area contributed by atoms with Gasteiger partial charge in [0.25, 0.3) is 11.8 Å². The maximum absolute atomic E-state index is 12.8. The van der Waals surface area contributed by atoms with Crippen molar-refractivity contribution in [2.24, 2.45) is 5.10 Å². The van der Waals surface area contributed by atoms with Crippen LogP contribution in [0.25, 0.3) is 11.1 Å². The van der Waals surface area contributed by atoms with Gasteiger partial charge in [0, 0.05) is 17.7 Å². The fraction of sp³-hybridized carbons (Fsp3) is 0.0870. The largest absolute Gasteiger partial charge is 0.288 e. The van der Waals surface area contributed by atoms with E-state index in [2.05, 4.69) is 5.10 Å². The lowest BCUT2D eigenvalue weighted by atomic mass is 10.0. The van der Waals surface area contributed by atoms with E-state index in [1.165, 1.54) is 5.01 Å². The Morgan fingerprint density at radius 2 is 1.48 bits per heavy atom.